The van der Waals surface area contributed by atoms with Crippen molar-refractivity contribution in [2.45, 2.75) is 5.22 Å². The lowest BCUT2D eigenvalue weighted by Crippen LogP contribution is -2.03. The number of Topliss-reactive ketones (excluding diaryl/α,β-unsaturated/α-hetero) is 1. The van der Waals surface area contributed by atoms with Crippen LogP contribution < -0.4 is 9.47 Å². The Kier molecular flexibility index (Phi) is 5.30. The standard InChI is InChI=1S/C17H15N3O4S/c1-22-14-4-3-12(9-15(14)23-2)13(21)10-25-17-20-19-16(24-17)11-5-7-18-8-6-11/h3-9H,10H2,1-2H3. The number of carbonyl (C=O) groups excluding carboxylic acids is 1. The Morgan fingerprint density at radius 2 is 1.84 bits per heavy atom. The van der Waals surface area contributed by atoms with Crippen molar-refractivity contribution in [2.24, 2.45) is 0 Å². The molecule has 0 aliphatic rings. The zero-order valence-electron chi connectivity index (χ0n) is 13.6. The molecule has 0 amide bonds. The zero-order chi connectivity index (χ0) is 17.6. The highest BCUT2D eigenvalue weighted by molar-refractivity contribution is 7.99. The Hall–Kier alpha value is -2.87. The van der Waals surface area contributed by atoms with Crippen LogP contribution in [0, 0.1) is 0 Å². The number of thioether (sulfide) groups is 1. The summed E-state index contributed by atoms with van der Waals surface area (Å²) in [5.41, 5.74) is 1.31. The third kappa shape index (κ3) is 3.97. The smallest absolute Gasteiger partial charge is 0.277 e. The highest BCUT2D eigenvalue weighted by Crippen LogP contribution is 2.29. The summed E-state index contributed by atoms with van der Waals surface area (Å²) in [7, 11) is 3.07. The first-order valence-electron chi connectivity index (χ1n) is 7.33. The second-order valence-electron chi connectivity index (χ2n) is 4.89. The minimum absolute atomic E-state index is 0.0744. The van der Waals surface area contributed by atoms with Crippen molar-refractivity contribution in [3.05, 3.63) is 48.3 Å². The third-order valence-electron chi connectivity index (χ3n) is 3.37. The SMILES string of the molecule is COc1ccc(C(=O)CSc2nnc(-c3ccncc3)o2)cc1OC. The number of ether oxygens (including phenoxy) is 2. The number of nitrogens with zero attached hydrogens (tertiary/aromatic N) is 3. The molecule has 128 valence electrons. The number of hydrogen-bond acceptors (Lipinski definition) is 8. The fourth-order valence-corrected chi connectivity index (χ4v) is 2.76. The molecule has 0 aliphatic carbocycles. The van der Waals surface area contributed by atoms with E-state index in [4.69, 9.17) is 13.9 Å². The van der Waals surface area contributed by atoms with E-state index in [1.165, 1.54) is 18.9 Å². The minimum atomic E-state index is -0.0744. The second kappa shape index (κ2) is 7.80. The monoisotopic (exact) mass is 357 g/mol. The van der Waals surface area contributed by atoms with Gasteiger partial charge in [-0.25, -0.2) is 0 Å². The first-order chi connectivity index (χ1) is 12.2. The summed E-state index contributed by atoms with van der Waals surface area (Å²) >= 11 is 1.18. The minimum Gasteiger partial charge on any atom is -0.493 e. The fraction of sp³-hybridized carbons (Fsp3) is 0.176. The normalized spacial score (nSPS) is 10.5. The molecule has 3 aromatic rings. The Labute approximate surface area is 148 Å². The molecular formula is C17H15N3O4S. The summed E-state index contributed by atoms with van der Waals surface area (Å²) in [6.07, 6.45) is 3.29. The van der Waals surface area contributed by atoms with Gasteiger partial charge in [0.15, 0.2) is 17.3 Å². The van der Waals surface area contributed by atoms with Gasteiger partial charge in [-0.15, -0.1) is 10.2 Å². The molecule has 2 aromatic heterocycles. The number of methoxy groups -OCH3 is 2. The van der Waals surface area contributed by atoms with Gasteiger partial charge in [-0.05, 0) is 30.3 Å². The predicted molar refractivity (Wildman–Crippen MR) is 92.1 cm³/mol. The Balaban J connectivity index is 1.66. The molecule has 0 radical (unpaired) electrons. The molecule has 2 heterocycles. The molecule has 0 atom stereocenters. The summed E-state index contributed by atoms with van der Waals surface area (Å²) in [4.78, 5) is 16.3. The second-order valence-corrected chi connectivity index (χ2v) is 5.82. The molecule has 8 heteroatoms. The van der Waals surface area contributed by atoms with Gasteiger partial charge in [0.25, 0.3) is 5.22 Å². The van der Waals surface area contributed by atoms with Crippen molar-refractivity contribution >= 4 is 17.5 Å². The van der Waals surface area contributed by atoms with E-state index in [1.54, 1.807) is 49.8 Å². The molecule has 0 fully saturated rings. The molecule has 0 unspecified atom stereocenters. The van der Waals surface area contributed by atoms with Crippen molar-refractivity contribution in [2.75, 3.05) is 20.0 Å². The fourth-order valence-electron chi connectivity index (χ4n) is 2.10. The molecule has 0 aliphatic heterocycles. The summed E-state index contributed by atoms with van der Waals surface area (Å²) in [5, 5.41) is 8.26. The Morgan fingerprint density at radius 3 is 2.56 bits per heavy atom. The lowest BCUT2D eigenvalue weighted by molar-refractivity contribution is 0.102. The third-order valence-corrected chi connectivity index (χ3v) is 4.18. The maximum absolute atomic E-state index is 12.3. The molecule has 0 bridgehead atoms. The largest absolute Gasteiger partial charge is 0.493 e. The van der Waals surface area contributed by atoms with Crippen LogP contribution in [0.15, 0.2) is 52.4 Å². The number of hydrogen-bond donors (Lipinski definition) is 0. The highest BCUT2D eigenvalue weighted by Gasteiger charge is 2.14. The Morgan fingerprint density at radius 1 is 1.08 bits per heavy atom. The van der Waals surface area contributed by atoms with Crippen LogP contribution in [-0.2, 0) is 0 Å². The van der Waals surface area contributed by atoms with E-state index in [-0.39, 0.29) is 11.5 Å². The molecule has 3 rings (SSSR count). The summed E-state index contributed by atoms with van der Waals surface area (Å²) in [5.74, 6) is 1.58. The average molecular weight is 357 g/mol. The van der Waals surface area contributed by atoms with Crippen LogP contribution in [0.5, 0.6) is 11.5 Å². The van der Waals surface area contributed by atoms with E-state index >= 15 is 0 Å². The van der Waals surface area contributed by atoms with Gasteiger partial charge >= 0.3 is 0 Å². The Bertz CT molecular complexity index is 867. The summed E-state index contributed by atoms with van der Waals surface area (Å²) in [6, 6.07) is 8.59. The number of carbonyl (C=O) groups is 1. The van der Waals surface area contributed by atoms with E-state index in [1.807, 2.05) is 0 Å². The zero-order valence-corrected chi connectivity index (χ0v) is 14.4. The molecular weight excluding hydrogens is 342 g/mol. The molecule has 25 heavy (non-hydrogen) atoms. The van der Waals surface area contributed by atoms with Crippen molar-refractivity contribution in [3.63, 3.8) is 0 Å². The molecule has 7 nitrogen and oxygen atoms in total. The van der Waals surface area contributed by atoms with Crippen LogP contribution in [0.25, 0.3) is 11.5 Å². The molecule has 0 saturated heterocycles. The van der Waals surface area contributed by atoms with E-state index in [2.05, 4.69) is 15.2 Å². The average Bonchev–Trinajstić information content (AvgIpc) is 3.15. The van der Waals surface area contributed by atoms with Gasteiger partial charge < -0.3 is 13.9 Å². The quantitative estimate of drug-likeness (QED) is 0.471. The van der Waals surface area contributed by atoms with Crippen LogP contribution in [0.2, 0.25) is 0 Å². The van der Waals surface area contributed by atoms with Crippen LogP contribution in [-0.4, -0.2) is 40.9 Å². The predicted octanol–water partition coefficient (Wildman–Crippen LogP) is 3.12. The van der Waals surface area contributed by atoms with Gasteiger partial charge in [0.2, 0.25) is 5.89 Å². The van der Waals surface area contributed by atoms with Crippen molar-refractivity contribution < 1.29 is 18.7 Å². The van der Waals surface area contributed by atoms with Gasteiger partial charge in [-0.3, -0.25) is 9.78 Å². The molecule has 0 N–H and O–H groups in total. The number of pyridine rings is 1. The maximum Gasteiger partial charge on any atom is 0.277 e. The summed E-state index contributed by atoms with van der Waals surface area (Å²) in [6.45, 7) is 0. The number of aromatic nitrogens is 3. The number of benzene rings is 1. The van der Waals surface area contributed by atoms with Crippen LogP contribution in [0.4, 0.5) is 0 Å². The van der Waals surface area contributed by atoms with Gasteiger partial charge in [0.05, 0.1) is 20.0 Å². The topological polar surface area (TPSA) is 87.3 Å². The lowest BCUT2D eigenvalue weighted by Gasteiger charge is -2.08. The van der Waals surface area contributed by atoms with Crippen molar-refractivity contribution in [1.29, 1.82) is 0 Å². The lowest BCUT2D eigenvalue weighted by atomic mass is 10.1. The van der Waals surface area contributed by atoms with E-state index in [0.29, 0.717) is 28.2 Å². The van der Waals surface area contributed by atoms with Crippen molar-refractivity contribution in [1.82, 2.24) is 15.2 Å². The van der Waals surface area contributed by atoms with Crippen LogP contribution >= 0.6 is 11.8 Å². The van der Waals surface area contributed by atoms with Gasteiger partial charge in [-0.1, -0.05) is 11.8 Å². The van der Waals surface area contributed by atoms with E-state index in [9.17, 15) is 4.79 Å². The van der Waals surface area contributed by atoms with Crippen LogP contribution in [0.1, 0.15) is 10.4 Å². The van der Waals surface area contributed by atoms with Gasteiger partial charge in [0.1, 0.15) is 0 Å². The van der Waals surface area contributed by atoms with Crippen LogP contribution in [0.3, 0.4) is 0 Å². The highest BCUT2D eigenvalue weighted by atomic mass is 32.2. The summed E-state index contributed by atoms with van der Waals surface area (Å²) < 4.78 is 15.9. The van der Waals surface area contributed by atoms with E-state index < -0.39 is 0 Å². The van der Waals surface area contributed by atoms with Gasteiger partial charge in [0, 0.05) is 23.5 Å². The van der Waals surface area contributed by atoms with E-state index in [0.717, 1.165) is 5.56 Å². The molecule has 0 saturated carbocycles. The maximum atomic E-state index is 12.3. The first kappa shape index (κ1) is 17.0. The molecule has 1 aromatic carbocycles. The number of ketones is 1. The number of rotatable bonds is 7. The molecule has 0 spiro atoms. The van der Waals surface area contributed by atoms with Crippen molar-refractivity contribution in [3.8, 4) is 23.0 Å². The first-order valence-corrected chi connectivity index (χ1v) is 8.31. The van der Waals surface area contributed by atoms with Gasteiger partial charge in [-0.2, -0.15) is 0 Å².